The van der Waals surface area contributed by atoms with E-state index >= 15 is 0 Å². The number of hydrogen-bond donors (Lipinski definition) is 0. The largest absolute Gasteiger partial charge is 0.352 e. The van der Waals surface area contributed by atoms with Gasteiger partial charge in [0.15, 0.2) is 11.5 Å². The predicted octanol–water partition coefficient (Wildman–Crippen LogP) is 1.11. The van der Waals surface area contributed by atoms with Gasteiger partial charge in [0.25, 0.3) is 0 Å². The highest BCUT2D eigenvalue weighted by Crippen LogP contribution is 2.38. The molecule has 3 aromatic rings. The van der Waals surface area contributed by atoms with Crippen molar-refractivity contribution < 1.29 is 0 Å². The van der Waals surface area contributed by atoms with Gasteiger partial charge in [-0.2, -0.15) is 14.7 Å². The van der Waals surface area contributed by atoms with Gasteiger partial charge in [-0.3, -0.25) is 4.90 Å². The van der Waals surface area contributed by atoms with E-state index in [1.165, 1.54) is 12.8 Å². The summed E-state index contributed by atoms with van der Waals surface area (Å²) in [5.41, 5.74) is 1.84. The van der Waals surface area contributed by atoms with Crippen molar-refractivity contribution in [3.8, 4) is 0 Å². The van der Waals surface area contributed by atoms with Crippen molar-refractivity contribution in [3.05, 3.63) is 42.0 Å². The first kappa shape index (κ1) is 14.7. The fraction of sp³-hybridized carbons (Fsp3) is 0.471. The van der Waals surface area contributed by atoms with Crippen LogP contribution in [0, 0.1) is 0 Å². The molecule has 1 aliphatic carbocycles. The third kappa shape index (κ3) is 2.72. The van der Waals surface area contributed by atoms with Gasteiger partial charge in [0.05, 0.1) is 5.69 Å². The van der Waals surface area contributed by atoms with Crippen LogP contribution in [0.3, 0.4) is 0 Å². The fourth-order valence-corrected chi connectivity index (χ4v) is 3.28. The Balaban J connectivity index is 1.27. The van der Waals surface area contributed by atoms with Crippen LogP contribution < -0.4 is 4.90 Å². The lowest BCUT2D eigenvalue weighted by Crippen LogP contribution is -2.58. The van der Waals surface area contributed by atoms with Gasteiger partial charge in [0.1, 0.15) is 5.82 Å². The Labute approximate surface area is 145 Å². The molecule has 1 saturated heterocycles. The molecule has 0 spiro atoms. The quantitative estimate of drug-likeness (QED) is 0.691. The molecular formula is C17H20N8. The first-order valence-corrected chi connectivity index (χ1v) is 8.72. The van der Waals surface area contributed by atoms with E-state index < -0.39 is 0 Å². The SMILES string of the molecule is CN(Cc1cccnn1)C1CN(c2ccc3nnc(C4CC4)n3n2)C1. The van der Waals surface area contributed by atoms with E-state index in [-0.39, 0.29) is 0 Å². The summed E-state index contributed by atoms with van der Waals surface area (Å²) in [6, 6.07) is 8.50. The zero-order chi connectivity index (χ0) is 16.8. The number of rotatable bonds is 5. The number of anilines is 1. The Morgan fingerprint density at radius 3 is 2.76 bits per heavy atom. The van der Waals surface area contributed by atoms with Gasteiger partial charge >= 0.3 is 0 Å². The zero-order valence-electron chi connectivity index (χ0n) is 14.2. The maximum absolute atomic E-state index is 4.77. The number of hydrogen-bond acceptors (Lipinski definition) is 7. The summed E-state index contributed by atoms with van der Waals surface area (Å²) in [5, 5.41) is 21.4. The van der Waals surface area contributed by atoms with E-state index in [1.807, 2.05) is 28.8 Å². The molecule has 0 amide bonds. The summed E-state index contributed by atoms with van der Waals surface area (Å²) >= 11 is 0. The molecule has 0 N–H and O–H groups in total. The Morgan fingerprint density at radius 2 is 2.00 bits per heavy atom. The molecule has 2 fully saturated rings. The summed E-state index contributed by atoms with van der Waals surface area (Å²) in [7, 11) is 2.14. The summed E-state index contributed by atoms with van der Waals surface area (Å²) < 4.78 is 1.92. The molecule has 1 aliphatic heterocycles. The molecule has 0 bridgehead atoms. The Morgan fingerprint density at radius 1 is 1.12 bits per heavy atom. The first-order chi connectivity index (χ1) is 12.3. The van der Waals surface area contributed by atoms with Crippen molar-refractivity contribution in [1.82, 2.24) is 34.9 Å². The molecular weight excluding hydrogens is 316 g/mol. The number of aromatic nitrogens is 6. The van der Waals surface area contributed by atoms with Crippen LogP contribution in [0.2, 0.25) is 0 Å². The van der Waals surface area contributed by atoms with Crippen molar-refractivity contribution in [2.75, 3.05) is 25.0 Å². The van der Waals surface area contributed by atoms with Crippen LogP contribution in [0.15, 0.2) is 30.5 Å². The van der Waals surface area contributed by atoms with Crippen molar-refractivity contribution >= 4 is 11.5 Å². The first-order valence-electron chi connectivity index (χ1n) is 8.72. The standard InChI is InChI=1S/C17H20N8/c1-23(9-13-3-2-8-18-19-13)14-10-24(11-14)16-7-6-15-20-21-17(12-4-5-12)25(15)22-16/h2-3,6-8,12,14H,4-5,9-11H2,1H3. The van der Waals surface area contributed by atoms with Crippen LogP contribution in [0.25, 0.3) is 5.65 Å². The molecule has 5 rings (SSSR count). The van der Waals surface area contributed by atoms with E-state index in [2.05, 4.69) is 37.2 Å². The van der Waals surface area contributed by atoms with Gasteiger partial charge in [-0.05, 0) is 44.2 Å². The van der Waals surface area contributed by atoms with Crippen molar-refractivity contribution in [3.63, 3.8) is 0 Å². The van der Waals surface area contributed by atoms with E-state index in [0.29, 0.717) is 12.0 Å². The summed E-state index contributed by atoms with van der Waals surface area (Å²) in [6.45, 7) is 2.75. The van der Waals surface area contributed by atoms with Crippen LogP contribution in [0.5, 0.6) is 0 Å². The summed E-state index contributed by atoms with van der Waals surface area (Å²) in [4.78, 5) is 4.63. The normalized spacial score (nSPS) is 18.1. The topological polar surface area (TPSA) is 75.3 Å². The predicted molar refractivity (Wildman–Crippen MR) is 92.3 cm³/mol. The monoisotopic (exact) mass is 336 g/mol. The molecule has 0 atom stereocenters. The highest BCUT2D eigenvalue weighted by Gasteiger charge is 2.33. The molecule has 25 heavy (non-hydrogen) atoms. The molecule has 0 aromatic carbocycles. The van der Waals surface area contributed by atoms with Crippen LogP contribution in [-0.2, 0) is 6.54 Å². The smallest absolute Gasteiger partial charge is 0.178 e. The van der Waals surface area contributed by atoms with E-state index in [0.717, 1.165) is 42.6 Å². The van der Waals surface area contributed by atoms with Crippen LogP contribution >= 0.6 is 0 Å². The second-order valence-corrected chi connectivity index (χ2v) is 6.98. The average Bonchev–Trinajstić information content (AvgIpc) is 3.34. The molecule has 0 radical (unpaired) electrons. The van der Waals surface area contributed by atoms with Gasteiger partial charge in [-0.15, -0.1) is 15.3 Å². The second-order valence-electron chi connectivity index (χ2n) is 6.98. The Hall–Kier alpha value is -2.61. The van der Waals surface area contributed by atoms with E-state index in [4.69, 9.17) is 5.10 Å². The lowest BCUT2D eigenvalue weighted by atomic mass is 10.1. The third-order valence-electron chi connectivity index (χ3n) is 5.06. The van der Waals surface area contributed by atoms with Gasteiger partial charge in [0.2, 0.25) is 0 Å². The van der Waals surface area contributed by atoms with Crippen LogP contribution in [0.4, 0.5) is 5.82 Å². The molecule has 8 nitrogen and oxygen atoms in total. The molecule has 4 heterocycles. The highest BCUT2D eigenvalue weighted by molar-refractivity contribution is 5.48. The van der Waals surface area contributed by atoms with Crippen LogP contribution in [0.1, 0.15) is 30.3 Å². The maximum atomic E-state index is 4.77. The minimum absolute atomic E-state index is 0.503. The van der Waals surface area contributed by atoms with Crippen LogP contribution in [-0.4, -0.2) is 61.1 Å². The number of likely N-dealkylation sites (N-methyl/N-ethyl adjacent to an activating group) is 1. The minimum Gasteiger partial charge on any atom is -0.352 e. The van der Waals surface area contributed by atoms with Crippen molar-refractivity contribution in [2.24, 2.45) is 0 Å². The second kappa shape index (κ2) is 5.73. The van der Waals surface area contributed by atoms with Gasteiger partial charge in [-0.25, -0.2) is 0 Å². The van der Waals surface area contributed by atoms with Crippen molar-refractivity contribution in [1.29, 1.82) is 0 Å². The van der Waals surface area contributed by atoms with E-state index in [1.54, 1.807) is 6.20 Å². The number of nitrogens with zero attached hydrogens (tertiary/aromatic N) is 8. The summed E-state index contributed by atoms with van der Waals surface area (Å²) in [5.74, 6) is 2.55. The molecule has 1 saturated carbocycles. The lowest BCUT2D eigenvalue weighted by molar-refractivity contribution is 0.194. The molecule has 8 heteroatoms. The minimum atomic E-state index is 0.503. The lowest BCUT2D eigenvalue weighted by Gasteiger charge is -2.44. The molecule has 128 valence electrons. The van der Waals surface area contributed by atoms with Crippen molar-refractivity contribution in [2.45, 2.75) is 31.3 Å². The van der Waals surface area contributed by atoms with Gasteiger partial charge in [0, 0.05) is 37.8 Å². The highest BCUT2D eigenvalue weighted by atomic mass is 15.4. The molecule has 2 aliphatic rings. The Kier molecular flexibility index (Phi) is 3.37. The average molecular weight is 336 g/mol. The maximum Gasteiger partial charge on any atom is 0.178 e. The molecule has 0 unspecified atom stereocenters. The fourth-order valence-electron chi connectivity index (χ4n) is 3.28. The number of fused-ring (bicyclic) bond motifs is 1. The molecule has 3 aromatic heterocycles. The zero-order valence-corrected chi connectivity index (χ0v) is 14.2. The van der Waals surface area contributed by atoms with Gasteiger partial charge in [-0.1, -0.05) is 0 Å². The third-order valence-corrected chi connectivity index (χ3v) is 5.06. The van der Waals surface area contributed by atoms with E-state index in [9.17, 15) is 0 Å². The Bertz CT molecular complexity index is 882. The van der Waals surface area contributed by atoms with Gasteiger partial charge < -0.3 is 4.90 Å². The summed E-state index contributed by atoms with van der Waals surface area (Å²) in [6.07, 6.45) is 4.11.